The van der Waals surface area contributed by atoms with Crippen molar-refractivity contribution in [2.24, 2.45) is 4.99 Å². The molecule has 1 saturated heterocycles. The Morgan fingerprint density at radius 1 is 1.31 bits per heavy atom. The third kappa shape index (κ3) is 4.06. The molecular formula is C16H9BrClN3O4S. The number of carbonyl (C=O) groups is 1. The molecule has 0 saturated carbocycles. The van der Waals surface area contributed by atoms with Gasteiger partial charge in [0.2, 0.25) is 0 Å². The van der Waals surface area contributed by atoms with Gasteiger partial charge in [0, 0.05) is 21.1 Å². The lowest BCUT2D eigenvalue weighted by atomic mass is 10.2. The van der Waals surface area contributed by atoms with Gasteiger partial charge in [-0.2, -0.15) is 0 Å². The molecule has 0 spiro atoms. The monoisotopic (exact) mass is 453 g/mol. The number of rotatable bonds is 3. The highest BCUT2D eigenvalue weighted by Crippen LogP contribution is 2.34. The fourth-order valence-electron chi connectivity index (χ4n) is 2.11. The lowest BCUT2D eigenvalue weighted by molar-refractivity contribution is -0.384. The number of phenolic OH excluding ortho intramolecular Hbond substituents is 1. The van der Waals surface area contributed by atoms with Gasteiger partial charge in [0.1, 0.15) is 11.4 Å². The highest BCUT2D eigenvalue weighted by molar-refractivity contribution is 9.10. The summed E-state index contributed by atoms with van der Waals surface area (Å²) in [6.07, 6.45) is 1.51. The molecule has 7 nitrogen and oxygen atoms in total. The van der Waals surface area contributed by atoms with Crippen LogP contribution >= 0.6 is 39.3 Å². The van der Waals surface area contributed by atoms with E-state index in [0.717, 1.165) is 16.2 Å². The zero-order valence-electron chi connectivity index (χ0n) is 12.8. The molecule has 10 heteroatoms. The number of hydrogen-bond donors (Lipinski definition) is 2. The first kappa shape index (κ1) is 18.4. The molecule has 2 aromatic rings. The number of nitrogens with one attached hydrogen (secondary N) is 1. The van der Waals surface area contributed by atoms with Crippen molar-refractivity contribution in [3.63, 3.8) is 0 Å². The summed E-state index contributed by atoms with van der Waals surface area (Å²) >= 11 is 10.1. The molecule has 3 rings (SSSR count). The van der Waals surface area contributed by atoms with Gasteiger partial charge >= 0.3 is 0 Å². The Labute approximate surface area is 165 Å². The number of halogens is 2. The van der Waals surface area contributed by atoms with E-state index in [2.05, 4.69) is 26.2 Å². The molecule has 1 aliphatic rings. The van der Waals surface area contributed by atoms with Crippen LogP contribution < -0.4 is 5.32 Å². The molecule has 0 aromatic heterocycles. The van der Waals surface area contributed by atoms with Crippen LogP contribution in [0.2, 0.25) is 5.02 Å². The number of nitro groups is 1. The molecule has 0 atom stereocenters. The molecule has 1 fully saturated rings. The van der Waals surface area contributed by atoms with E-state index in [4.69, 9.17) is 11.6 Å². The van der Waals surface area contributed by atoms with Crippen LogP contribution in [0.4, 0.5) is 11.4 Å². The molecule has 0 bridgehead atoms. The molecule has 1 aliphatic heterocycles. The Morgan fingerprint density at radius 3 is 2.81 bits per heavy atom. The molecule has 0 aliphatic carbocycles. The Balaban J connectivity index is 1.93. The van der Waals surface area contributed by atoms with Crippen molar-refractivity contribution in [2.75, 3.05) is 0 Å². The van der Waals surface area contributed by atoms with Gasteiger partial charge < -0.3 is 10.4 Å². The number of hydrogen-bond acceptors (Lipinski definition) is 6. The Hall–Kier alpha value is -2.36. The van der Waals surface area contributed by atoms with Gasteiger partial charge in [-0.25, -0.2) is 4.99 Å². The van der Waals surface area contributed by atoms with Crippen LogP contribution in [-0.4, -0.2) is 21.1 Å². The third-order valence-corrected chi connectivity index (χ3v) is 4.92. The number of carbonyl (C=O) groups excluding carboxylic acids is 1. The van der Waals surface area contributed by atoms with E-state index in [1.807, 2.05) is 0 Å². The number of amidine groups is 1. The van der Waals surface area contributed by atoms with Crippen molar-refractivity contribution >= 4 is 67.8 Å². The molecule has 2 N–H and O–H groups in total. The highest BCUT2D eigenvalue weighted by Gasteiger charge is 2.25. The second kappa shape index (κ2) is 7.48. The summed E-state index contributed by atoms with van der Waals surface area (Å²) in [5, 5.41) is 24.0. The van der Waals surface area contributed by atoms with Crippen molar-refractivity contribution < 1.29 is 14.8 Å². The fourth-order valence-corrected chi connectivity index (χ4v) is 3.48. The molecule has 1 amide bonds. The van der Waals surface area contributed by atoms with Crippen molar-refractivity contribution in [2.45, 2.75) is 0 Å². The molecule has 2 aromatic carbocycles. The minimum atomic E-state index is -0.594. The molecule has 132 valence electrons. The van der Waals surface area contributed by atoms with Crippen molar-refractivity contribution in [1.29, 1.82) is 0 Å². The molecule has 1 heterocycles. The number of nitro benzene ring substituents is 1. The van der Waals surface area contributed by atoms with Crippen LogP contribution in [0.5, 0.6) is 5.75 Å². The van der Waals surface area contributed by atoms with Gasteiger partial charge in [-0.15, -0.1) is 0 Å². The Morgan fingerprint density at radius 2 is 2.08 bits per heavy atom. The van der Waals surface area contributed by atoms with Gasteiger partial charge in [0.25, 0.3) is 11.6 Å². The topological polar surface area (TPSA) is 105 Å². The summed E-state index contributed by atoms with van der Waals surface area (Å²) in [6.45, 7) is 0. The second-order valence-electron chi connectivity index (χ2n) is 5.08. The standard InChI is InChI=1S/C16H9BrClN3O4S/c17-9-1-4-13(22)8(5-9)6-14-15(23)20-16(26-14)19-11-3-2-10(18)7-12(11)21(24)25/h1-7,22H,(H,19,20,23)/b14-6+. The fraction of sp³-hybridized carbons (Fsp3) is 0. The first-order valence-corrected chi connectivity index (χ1v) is 9.04. The minimum absolute atomic E-state index is 0.0211. The molecule has 0 unspecified atom stereocenters. The molecular weight excluding hydrogens is 446 g/mol. The van der Waals surface area contributed by atoms with Gasteiger partial charge in [0.15, 0.2) is 5.17 Å². The van der Waals surface area contributed by atoms with E-state index in [9.17, 15) is 20.0 Å². The van der Waals surface area contributed by atoms with Crippen LogP contribution in [0, 0.1) is 10.1 Å². The van der Waals surface area contributed by atoms with Crippen molar-refractivity contribution in [1.82, 2.24) is 5.32 Å². The maximum absolute atomic E-state index is 12.1. The third-order valence-electron chi connectivity index (χ3n) is 3.28. The van der Waals surface area contributed by atoms with E-state index >= 15 is 0 Å². The van der Waals surface area contributed by atoms with Gasteiger partial charge in [-0.3, -0.25) is 14.9 Å². The van der Waals surface area contributed by atoms with Crippen LogP contribution in [0.3, 0.4) is 0 Å². The predicted octanol–water partition coefficient (Wildman–Crippen LogP) is 4.61. The summed E-state index contributed by atoms with van der Waals surface area (Å²) in [5.41, 5.74) is 0.270. The van der Waals surface area contributed by atoms with Crippen LogP contribution in [0.15, 0.2) is 50.8 Å². The van der Waals surface area contributed by atoms with E-state index in [0.29, 0.717) is 10.5 Å². The minimum Gasteiger partial charge on any atom is -0.507 e. The first-order valence-electron chi connectivity index (χ1n) is 7.05. The van der Waals surface area contributed by atoms with E-state index in [1.165, 1.54) is 30.3 Å². The Bertz CT molecular complexity index is 993. The number of thioether (sulfide) groups is 1. The van der Waals surface area contributed by atoms with Crippen LogP contribution in [0.25, 0.3) is 6.08 Å². The number of amides is 1. The van der Waals surface area contributed by atoms with Gasteiger partial charge in [0.05, 0.1) is 9.83 Å². The Kier molecular flexibility index (Phi) is 5.30. The average molecular weight is 455 g/mol. The van der Waals surface area contributed by atoms with Crippen LogP contribution in [-0.2, 0) is 4.79 Å². The highest BCUT2D eigenvalue weighted by atomic mass is 79.9. The van der Waals surface area contributed by atoms with E-state index < -0.39 is 10.8 Å². The smallest absolute Gasteiger partial charge is 0.296 e. The van der Waals surface area contributed by atoms with Gasteiger partial charge in [-0.05, 0) is 48.2 Å². The maximum Gasteiger partial charge on any atom is 0.296 e. The molecule has 26 heavy (non-hydrogen) atoms. The first-order chi connectivity index (χ1) is 12.3. The van der Waals surface area contributed by atoms with E-state index in [-0.39, 0.29) is 27.3 Å². The largest absolute Gasteiger partial charge is 0.507 e. The summed E-state index contributed by atoms with van der Waals surface area (Å²) in [4.78, 5) is 27.1. The average Bonchev–Trinajstić information content (AvgIpc) is 2.92. The number of aromatic hydroxyl groups is 1. The number of benzene rings is 2. The number of aliphatic imine (C=N–C) groups is 1. The predicted molar refractivity (Wildman–Crippen MR) is 105 cm³/mol. The maximum atomic E-state index is 12.1. The number of phenols is 1. The van der Waals surface area contributed by atoms with Crippen molar-refractivity contribution in [3.05, 3.63) is 66.5 Å². The summed E-state index contributed by atoms with van der Waals surface area (Å²) in [6, 6.07) is 8.91. The zero-order chi connectivity index (χ0) is 18.8. The summed E-state index contributed by atoms with van der Waals surface area (Å²) in [5.74, 6) is -0.391. The zero-order valence-corrected chi connectivity index (χ0v) is 15.9. The summed E-state index contributed by atoms with van der Waals surface area (Å²) in [7, 11) is 0. The SMILES string of the molecule is O=C1NC(=Nc2ccc(Cl)cc2[N+](=O)[O-])S/C1=C/c1cc(Br)ccc1O. The normalized spacial score (nSPS) is 16.9. The van der Waals surface area contributed by atoms with Crippen LogP contribution in [0.1, 0.15) is 5.56 Å². The quantitative estimate of drug-likeness (QED) is 0.400. The van der Waals surface area contributed by atoms with Crippen molar-refractivity contribution in [3.8, 4) is 5.75 Å². The number of nitrogens with zero attached hydrogens (tertiary/aromatic N) is 2. The summed E-state index contributed by atoms with van der Waals surface area (Å²) < 4.78 is 0.747. The lowest BCUT2D eigenvalue weighted by Gasteiger charge is -2.00. The van der Waals surface area contributed by atoms with E-state index in [1.54, 1.807) is 12.1 Å². The lowest BCUT2D eigenvalue weighted by Crippen LogP contribution is -2.19. The van der Waals surface area contributed by atoms with Gasteiger partial charge in [-0.1, -0.05) is 27.5 Å². The molecule has 0 radical (unpaired) electrons. The second-order valence-corrected chi connectivity index (χ2v) is 7.46.